The van der Waals surface area contributed by atoms with Gasteiger partial charge < -0.3 is 0 Å². The molecule has 0 saturated heterocycles. The normalized spacial score (nSPS) is 17.5. The van der Waals surface area contributed by atoms with Crippen molar-refractivity contribution < 1.29 is 0 Å². The van der Waals surface area contributed by atoms with E-state index in [0.29, 0.717) is 5.92 Å². The average Bonchev–Trinajstić information content (AvgIpc) is 2.84. The van der Waals surface area contributed by atoms with Gasteiger partial charge in [-0.2, -0.15) is 0 Å². The summed E-state index contributed by atoms with van der Waals surface area (Å²) in [4.78, 5) is 0. The van der Waals surface area contributed by atoms with Crippen molar-refractivity contribution >= 4 is 5.57 Å². The van der Waals surface area contributed by atoms with E-state index in [2.05, 4.69) is 47.6 Å². The van der Waals surface area contributed by atoms with Gasteiger partial charge in [-0.25, -0.2) is 0 Å². The minimum atomic E-state index is 0.682. The van der Waals surface area contributed by atoms with Crippen LogP contribution in [0.25, 0.3) is 5.57 Å². The van der Waals surface area contributed by atoms with Gasteiger partial charge in [-0.05, 0) is 71.9 Å². The quantitative estimate of drug-likeness (QED) is 0.562. The van der Waals surface area contributed by atoms with E-state index in [4.69, 9.17) is 0 Å². The molecular formula is C21H32. The van der Waals surface area contributed by atoms with Gasteiger partial charge in [-0.1, -0.05) is 53.2 Å². The maximum atomic E-state index is 2.56. The zero-order valence-corrected chi connectivity index (χ0v) is 14.9. The van der Waals surface area contributed by atoms with E-state index in [-0.39, 0.29) is 0 Å². The van der Waals surface area contributed by atoms with Crippen molar-refractivity contribution in [1.29, 1.82) is 0 Å². The Labute approximate surface area is 131 Å². The van der Waals surface area contributed by atoms with Gasteiger partial charge in [-0.3, -0.25) is 0 Å². The maximum Gasteiger partial charge on any atom is 0.00577 e. The summed E-state index contributed by atoms with van der Waals surface area (Å²) in [5, 5.41) is 0. The third kappa shape index (κ3) is 2.47. The summed E-state index contributed by atoms with van der Waals surface area (Å²) >= 11 is 0. The Hall–Kier alpha value is -1.04. The van der Waals surface area contributed by atoms with Crippen molar-refractivity contribution in [2.75, 3.05) is 0 Å². The highest BCUT2D eigenvalue weighted by molar-refractivity contribution is 5.81. The first-order chi connectivity index (χ1) is 10.2. The zero-order valence-electron chi connectivity index (χ0n) is 14.9. The first-order valence-corrected chi connectivity index (χ1v) is 9.07. The van der Waals surface area contributed by atoms with Crippen LogP contribution in [0.4, 0.5) is 0 Å². The van der Waals surface area contributed by atoms with Crippen molar-refractivity contribution in [3.05, 3.63) is 39.5 Å². The van der Waals surface area contributed by atoms with Crippen LogP contribution in [0, 0.1) is 0 Å². The molecule has 0 radical (unpaired) electrons. The Balaban J connectivity index is 2.79. The van der Waals surface area contributed by atoms with Crippen LogP contribution >= 0.6 is 0 Å². The van der Waals surface area contributed by atoms with E-state index in [9.17, 15) is 0 Å². The molecule has 0 bridgehead atoms. The number of hydrogen-bond donors (Lipinski definition) is 0. The largest absolute Gasteiger partial charge is 0.0645 e. The Morgan fingerprint density at radius 3 is 1.86 bits per heavy atom. The van der Waals surface area contributed by atoms with Crippen LogP contribution in [0.3, 0.4) is 0 Å². The fourth-order valence-electron chi connectivity index (χ4n) is 4.53. The highest BCUT2D eigenvalue weighted by Crippen LogP contribution is 2.49. The van der Waals surface area contributed by atoms with Gasteiger partial charge >= 0.3 is 0 Å². The molecule has 1 aromatic carbocycles. The summed E-state index contributed by atoms with van der Waals surface area (Å²) in [6.07, 6.45) is 7.17. The SMILES string of the molecule is CCC1=C(CC)C(CC)c2cc(CC)c(CC)c(CC)c21. The summed E-state index contributed by atoms with van der Waals surface area (Å²) in [7, 11) is 0. The lowest BCUT2D eigenvalue weighted by Gasteiger charge is -2.20. The van der Waals surface area contributed by atoms with Crippen molar-refractivity contribution in [3.8, 4) is 0 Å². The van der Waals surface area contributed by atoms with Gasteiger partial charge in [0.2, 0.25) is 0 Å². The smallest absolute Gasteiger partial charge is 0.00577 e. The molecule has 0 saturated carbocycles. The fourth-order valence-corrected chi connectivity index (χ4v) is 4.53. The Morgan fingerprint density at radius 2 is 1.43 bits per heavy atom. The molecule has 0 spiro atoms. The third-order valence-electron chi connectivity index (χ3n) is 5.39. The van der Waals surface area contributed by atoms with Gasteiger partial charge in [0, 0.05) is 5.92 Å². The lowest BCUT2D eigenvalue weighted by molar-refractivity contribution is 0.743. The summed E-state index contributed by atoms with van der Waals surface area (Å²) in [5.41, 5.74) is 11.6. The van der Waals surface area contributed by atoms with Crippen LogP contribution in [0.2, 0.25) is 0 Å². The molecule has 0 N–H and O–H groups in total. The maximum absolute atomic E-state index is 2.56. The van der Waals surface area contributed by atoms with E-state index < -0.39 is 0 Å². The minimum Gasteiger partial charge on any atom is -0.0645 e. The topological polar surface area (TPSA) is 0 Å². The van der Waals surface area contributed by atoms with Gasteiger partial charge in [0.25, 0.3) is 0 Å². The average molecular weight is 284 g/mol. The van der Waals surface area contributed by atoms with Gasteiger partial charge in [0.05, 0.1) is 0 Å². The van der Waals surface area contributed by atoms with Crippen LogP contribution in [0.1, 0.15) is 94.5 Å². The third-order valence-corrected chi connectivity index (χ3v) is 5.39. The van der Waals surface area contributed by atoms with Crippen molar-refractivity contribution in [1.82, 2.24) is 0 Å². The van der Waals surface area contributed by atoms with Crippen LogP contribution in [0.15, 0.2) is 11.6 Å². The first kappa shape index (κ1) is 16.3. The van der Waals surface area contributed by atoms with Crippen LogP contribution in [-0.2, 0) is 19.3 Å². The lowest BCUT2D eigenvalue weighted by Crippen LogP contribution is -2.05. The summed E-state index contributed by atoms with van der Waals surface area (Å²) in [5.74, 6) is 0.682. The van der Waals surface area contributed by atoms with E-state index in [1.165, 1.54) is 38.5 Å². The summed E-state index contributed by atoms with van der Waals surface area (Å²) < 4.78 is 0. The van der Waals surface area contributed by atoms with Crippen molar-refractivity contribution in [2.24, 2.45) is 0 Å². The first-order valence-electron chi connectivity index (χ1n) is 9.07. The summed E-state index contributed by atoms with van der Waals surface area (Å²) in [6, 6.07) is 2.56. The monoisotopic (exact) mass is 284 g/mol. The second-order valence-corrected chi connectivity index (χ2v) is 6.19. The number of benzene rings is 1. The van der Waals surface area contributed by atoms with Gasteiger partial charge in [-0.15, -0.1) is 0 Å². The van der Waals surface area contributed by atoms with Crippen molar-refractivity contribution in [2.45, 2.75) is 86.0 Å². The molecule has 0 aromatic heterocycles. The molecule has 0 nitrogen and oxygen atoms in total. The van der Waals surface area contributed by atoms with Gasteiger partial charge in [0.1, 0.15) is 0 Å². The molecule has 0 heterocycles. The minimum absolute atomic E-state index is 0.682. The molecule has 1 unspecified atom stereocenters. The molecule has 2 rings (SSSR count). The Kier molecular flexibility index (Phi) is 5.30. The number of aryl methyl sites for hydroxylation is 1. The highest BCUT2D eigenvalue weighted by atomic mass is 14.4. The Morgan fingerprint density at radius 1 is 0.762 bits per heavy atom. The molecule has 1 aliphatic carbocycles. The van der Waals surface area contributed by atoms with Crippen LogP contribution in [0.5, 0.6) is 0 Å². The van der Waals surface area contributed by atoms with E-state index >= 15 is 0 Å². The second kappa shape index (κ2) is 6.81. The molecule has 21 heavy (non-hydrogen) atoms. The zero-order chi connectivity index (χ0) is 15.6. The molecule has 0 aliphatic heterocycles. The van der Waals surface area contributed by atoms with E-state index in [1.54, 1.807) is 39.0 Å². The number of rotatable bonds is 6. The number of allylic oxidation sites excluding steroid dienone is 2. The van der Waals surface area contributed by atoms with Crippen LogP contribution in [-0.4, -0.2) is 0 Å². The molecule has 1 aromatic rings. The van der Waals surface area contributed by atoms with Crippen molar-refractivity contribution in [3.63, 3.8) is 0 Å². The molecule has 1 atom stereocenters. The number of hydrogen-bond acceptors (Lipinski definition) is 0. The number of fused-ring (bicyclic) bond motifs is 1. The highest BCUT2D eigenvalue weighted by Gasteiger charge is 2.31. The second-order valence-electron chi connectivity index (χ2n) is 6.19. The standard InChI is InChI=1S/C21H32/c1-7-14-13-20-17(10-4)16(9-3)19(12-6)21(20)18(11-5)15(14)8-2/h13,17H,7-12H2,1-6H3. The molecule has 0 fully saturated rings. The summed E-state index contributed by atoms with van der Waals surface area (Å²) in [6.45, 7) is 14.0. The fraction of sp³-hybridized carbons (Fsp3) is 0.619. The molecular weight excluding hydrogens is 252 g/mol. The lowest BCUT2D eigenvalue weighted by atomic mass is 9.84. The molecule has 1 aliphatic rings. The van der Waals surface area contributed by atoms with E-state index in [0.717, 1.165) is 0 Å². The molecule has 0 amide bonds. The van der Waals surface area contributed by atoms with Gasteiger partial charge in [0.15, 0.2) is 0 Å². The molecule has 0 heteroatoms. The predicted octanol–water partition coefficient (Wildman–Crippen LogP) is 6.45. The molecule has 116 valence electrons. The Bertz CT molecular complexity index is 546. The van der Waals surface area contributed by atoms with Crippen LogP contribution < -0.4 is 0 Å². The predicted molar refractivity (Wildman–Crippen MR) is 95.1 cm³/mol. The van der Waals surface area contributed by atoms with E-state index in [1.807, 2.05) is 0 Å².